The van der Waals surface area contributed by atoms with Crippen molar-refractivity contribution in [2.75, 3.05) is 13.2 Å². The third-order valence-corrected chi connectivity index (χ3v) is 6.85. The number of carbonyl (C=O) groups is 4. The van der Waals surface area contributed by atoms with Crippen molar-refractivity contribution in [1.82, 2.24) is 10.6 Å². The van der Waals surface area contributed by atoms with Crippen molar-refractivity contribution < 1.29 is 46.9 Å². The molecule has 43 heavy (non-hydrogen) atoms. The van der Waals surface area contributed by atoms with Gasteiger partial charge in [-0.1, -0.05) is 30.3 Å². The first kappa shape index (κ1) is 31.2. The van der Waals surface area contributed by atoms with Gasteiger partial charge in [0.1, 0.15) is 24.3 Å². The van der Waals surface area contributed by atoms with Crippen LogP contribution in [-0.4, -0.2) is 60.3 Å². The summed E-state index contributed by atoms with van der Waals surface area (Å²) < 4.78 is 46.3. The number of ether oxygens (including phenoxy) is 2. The summed E-state index contributed by atoms with van der Waals surface area (Å²) in [7, 11) is 0. The quantitative estimate of drug-likeness (QED) is 0.308. The Morgan fingerprint density at radius 1 is 1.02 bits per heavy atom. The van der Waals surface area contributed by atoms with Gasteiger partial charge < -0.3 is 25.6 Å². The highest BCUT2D eigenvalue weighted by Gasteiger charge is 2.50. The van der Waals surface area contributed by atoms with Gasteiger partial charge in [-0.25, -0.2) is 0 Å². The predicted octanol–water partition coefficient (Wildman–Crippen LogP) is 2.75. The van der Waals surface area contributed by atoms with Crippen molar-refractivity contribution in [1.29, 1.82) is 0 Å². The normalized spacial score (nSPS) is 19.9. The molecule has 0 aromatic heterocycles. The highest BCUT2D eigenvalue weighted by Crippen LogP contribution is 2.31. The van der Waals surface area contributed by atoms with Crippen LogP contribution in [0.25, 0.3) is 0 Å². The maximum atomic E-state index is 13.4. The SMILES string of the molecule is NC(=O)c1ccccc1.O=C(NC(Cc1cccc(O)c1)C(=O)C1CNC2OCC(=O)C21)c1ccc(OC(F)(F)F)cc1. The maximum Gasteiger partial charge on any atom is 0.573 e. The zero-order valence-electron chi connectivity index (χ0n) is 22.5. The summed E-state index contributed by atoms with van der Waals surface area (Å²) in [6.45, 7) is 0.109. The van der Waals surface area contributed by atoms with Gasteiger partial charge in [0.05, 0.1) is 12.0 Å². The van der Waals surface area contributed by atoms with E-state index in [9.17, 15) is 37.5 Å². The van der Waals surface area contributed by atoms with Crippen LogP contribution in [0.3, 0.4) is 0 Å². The Bertz CT molecular complexity index is 1470. The number of hydrogen-bond donors (Lipinski definition) is 4. The lowest BCUT2D eigenvalue weighted by molar-refractivity contribution is -0.274. The molecule has 0 radical (unpaired) electrons. The largest absolute Gasteiger partial charge is 0.573 e. The number of Topliss-reactive ketones (excluding diaryl/α,β-unsaturated/α-hetero) is 2. The van der Waals surface area contributed by atoms with E-state index in [0.29, 0.717) is 11.1 Å². The molecule has 2 aliphatic heterocycles. The van der Waals surface area contributed by atoms with Gasteiger partial charge in [0, 0.05) is 23.6 Å². The molecule has 226 valence electrons. The van der Waals surface area contributed by atoms with E-state index in [4.69, 9.17) is 10.5 Å². The topological polar surface area (TPSA) is 157 Å². The number of primary amides is 1. The van der Waals surface area contributed by atoms with Gasteiger partial charge in [-0.15, -0.1) is 13.2 Å². The number of halogens is 3. The number of phenols is 1. The molecule has 2 aliphatic rings. The maximum absolute atomic E-state index is 13.4. The smallest absolute Gasteiger partial charge is 0.508 e. The van der Waals surface area contributed by atoms with E-state index in [-0.39, 0.29) is 48.4 Å². The van der Waals surface area contributed by atoms with Gasteiger partial charge in [-0.05, 0) is 60.5 Å². The van der Waals surface area contributed by atoms with E-state index in [1.165, 1.54) is 12.1 Å². The monoisotopic (exact) mass is 599 g/mol. The Hall–Kier alpha value is -4.75. The Labute approximate surface area is 244 Å². The molecule has 4 atom stereocenters. The summed E-state index contributed by atoms with van der Waals surface area (Å²) in [5.41, 5.74) is 6.12. The highest BCUT2D eigenvalue weighted by molar-refractivity contribution is 6.00. The molecule has 0 saturated carbocycles. The number of nitrogens with two attached hydrogens (primary N) is 1. The number of fused-ring (bicyclic) bond motifs is 1. The molecule has 4 unspecified atom stereocenters. The van der Waals surface area contributed by atoms with Crippen LogP contribution in [0, 0.1) is 11.8 Å². The summed E-state index contributed by atoms with van der Waals surface area (Å²) in [4.78, 5) is 48.9. The van der Waals surface area contributed by atoms with E-state index in [2.05, 4.69) is 15.4 Å². The molecule has 0 bridgehead atoms. The molecule has 5 rings (SSSR count). The number of hydrogen-bond acceptors (Lipinski definition) is 8. The number of aromatic hydroxyl groups is 1. The van der Waals surface area contributed by atoms with Gasteiger partial charge in [0.15, 0.2) is 11.6 Å². The van der Waals surface area contributed by atoms with Crippen molar-refractivity contribution in [2.45, 2.75) is 25.1 Å². The standard InChI is InChI=1S/C23H21F3N2O6.C7H7NO/c24-23(25,26)34-15-6-4-13(5-7-15)21(32)28-17(9-12-2-1-3-14(29)8-12)20(31)16-10-27-22-19(16)18(30)11-33-22;8-7(9)6-4-2-1-3-5-6/h1-8,16-17,19,22,27,29H,9-11H2,(H,28,32);1-5H,(H2,8,9). The molecule has 10 nitrogen and oxygen atoms in total. The van der Waals surface area contributed by atoms with Gasteiger partial charge in [0.2, 0.25) is 5.91 Å². The minimum atomic E-state index is -4.86. The summed E-state index contributed by atoms with van der Waals surface area (Å²) in [5, 5.41) is 15.4. The molecule has 2 amide bonds. The van der Waals surface area contributed by atoms with Crippen molar-refractivity contribution >= 4 is 23.4 Å². The molecular weight excluding hydrogens is 571 g/mol. The number of ketones is 2. The van der Waals surface area contributed by atoms with Gasteiger partial charge >= 0.3 is 6.36 Å². The van der Waals surface area contributed by atoms with Crippen molar-refractivity contribution in [3.05, 3.63) is 95.6 Å². The zero-order valence-corrected chi connectivity index (χ0v) is 22.5. The van der Waals surface area contributed by atoms with Gasteiger partial charge in [-0.2, -0.15) is 0 Å². The van der Waals surface area contributed by atoms with Gasteiger partial charge in [-0.3, -0.25) is 24.5 Å². The minimum Gasteiger partial charge on any atom is -0.508 e. The fourth-order valence-electron chi connectivity index (χ4n) is 4.86. The lowest BCUT2D eigenvalue weighted by Gasteiger charge is -2.23. The lowest BCUT2D eigenvalue weighted by atomic mass is 9.84. The Morgan fingerprint density at radius 2 is 1.72 bits per heavy atom. The lowest BCUT2D eigenvalue weighted by Crippen LogP contribution is -2.47. The number of amides is 2. The molecule has 13 heteroatoms. The van der Waals surface area contributed by atoms with E-state index in [1.807, 2.05) is 6.07 Å². The summed E-state index contributed by atoms with van der Waals surface area (Å²) >= 11 is 0. The summed E-state index contributed by atoms with van der Waals surface area (Å²) in [5.74, 6) is -3.52. The summed E-state index contributed by atoms with van der Waals surface area (Å²) in [6.07, 6.45) is -5.38. The number of carbonyl (C=O) groups excluding carboxylic acids is 4. The fraction of sp³-hybridized carbons (Fsp3) is 0.267. The first-order chi connectivity index (χ1) is 20.4. The van der Waals surface area contributed by atoms with Crippen LogP contribution in [-0.2, 0) is 20.7 Å². The van der Waals surface area contributed by atoms with Crippen LogP contribution >= 0.6 is 0 Å². The van der Waals surface area contributed by atoms with Crippen LogP contribution in [0.4, 0.5) is 13.2 Å². The molecule has 2 saturated heterocycles. The second kappa shape index (κ2) is 13.5. The number of alkyl halides is 3. The van der Waals surface area contributed by atoms with Crippen LogP contribution in [0.15, 0.2) is 78.9 Å². The number of benzene rings is 3. The Morgan fingerprint density at radius 3 is 2.33 bits per heavy atom. The second-order valence-electron chi connectivity index (χ2n) is 9.84. The third-order valence-electron chi connectivity index (χ3n) is 6.85. The van der Waals surface area contributed by atoms with Crippen LogP contribution in [0.5, 0.6) is 11.5 Å². The molecule has 3 aromatic carbocycles. The van der Waals surface area contributed by atoms with E-state index in [1.54, 1.807) is 36.4 Å². The average Bonchev–Trinajstić information content (AvgIpc) is 3.55. The van der Waals surface area contributed by atoms with Crippen LogP contribution < -0.4 is 21.1 Å². The van der Waals surface area contributed by atoms with E-state index < -0.39 is 42.1 Å². The van der Waals surface area contributed by atoms with E-state index >= 15 is 0 Å². The predicted molar refractivity (Wildman–Crippen MR) is 146 cm³/mol. The molecule has 0 aliphatic carbocycles. The molecule has 2 heterocycles. The van der Waals surface area contributed by atoms with Gasteiger partial charge in [0.25, 0.3) is 5.91 Å². The van der Waals surface area contributed by atoms with E-state index in [0.717, 1.165) is 24.3 Å². The highest BCUT2D eigenvalue weighted by atomic mass is 19.4. The molecular formula is C30H28F3N3O7. The van der Waals surface area contributed by atoms with Crippen molar-refractivity contribution in [3.63, 3.8) is 0 Å². The molecule has 0 spiro atoms. The number of rotatable bonds is 8. The first-order valence-corrected chi connectivity index (χ1v) is 13.1. The van der Waals surface area contributed by atoms with Crippen molar-refractivity contribution in [2.24, 2.45) is 17.6 Å². The van der Waals surface area contributed by atoms with Crippen molar-refractivity contribution in [3.8, 4) is 11.5 Å². The second-order valence-corrected chi connectivity index (χ2v) is 9.84. The number of nitrogens with one attached hydrogen (secondary N) is 2. The molecule has 2 fully saturated rings. The fourth-order valence-corrected chi connectivity index (χ4v) is 4.86. The first-order valence-electron chi connectivity index (χ1n) is 13.1. The molecule has 5 N–H and O–H groups in total. The average molecular weight is 600 g/mol. The Kier molecular flexibility index (Phi) is 9.78. The summed E-state index contributed by atoms with van der Waals surface area (Å²) in [6, 6.07) is 18.2. The third kappa shape index (κ3) is 8.40. The van der Waals surface area contributed by atoms with Crippen LogP contribution in [0.1, 0.15) is 26.3 Å². The zero-order chi connectivity index (χ0) is 31.1. The number of phenolic OH excluding ortho intramolecular Hbond substituents is 1. The minimum absolute atomic E-state index is 0.0164. The Balaban J connectivity index is 0.000000403. The van der Waals surface area contributed by atoms with Crippen LogP contribution in [0.2, 0.25) is 0 Å². The molecule has 3 aromatic rings.